The lowest BCUT2D eigenvalue weighted by molar-refractivity contribution is -0.146. The van der Waals surface area contributed by atoms with Gasteiger partial charge in [0.15, 0.2) is 28.6 Å². The summed E-state index contributed by atoms with van der Waals surface area (Å²) >= 11 is 0. The van der Waals surface area contributed by atoms with Crippen LogP contribution >= 0.6 is 0 Å². The molecule has 0 spiro atoms. The summed E-state index contributed by atoms with van der Waals surface area (Å²) in [5, 5.41) is 0.825. The zero-order chi connectivity index (χ0) is 28.8. The van der Waals surface area contributed by atoms with Gasteiger partial charge in [-0.25, -0.2) is 0 Å². The first-order chi connectivity index (χ1) is 19.3. The van der Waals surface area contributed by atoms with Gasteiger partial charge < -0.3 is 23.4 Å². The van der Waals surface area contributed by atoms with E-state index in [0.717, 1.165) is 22.1 Å². The molecule has 0 unspecified atom stereocenters. The highest BCUT2D eigenvalue weighted by atomic mass is 16.5. The number of ketones is 1. The Morgan fingerprint density at radius 3 is 2.23 bits per heavy atom. The summed E-state index contributed by atoms with van der Waals surface area (Å²) in [7, 11) is 6.03. The number of furan rings is 1. The predicted octanol–water partition coefficient (Wildman–Crippen LogP) is 6.75. The molecule has 0 saturated carbocycles. The van der Waals surface area contributed by atoms with Crippen LogP contribution < -0.4 is 14.2 Å². The normalized spacial score (nSPS) is 11.9. The number of fused-ring (bicyclic) bond motifs is 1. The van der Waals surface area contributed by atoms with Crippen LogP contribution in [-0.4, -0.2) is 40.2 Å². The average Bonchev–Trinajstić information content (AvgIpc) is 3.42. The number of carbonyl (C=O) groups excluding carboxylic acids is 2. The zero-order valence-electron chi connectivity index (χ0n) is 23.7. The van der Waals surface area contributed by atoms with Crippen molar-refractivity contribution in [2.24, 2.45) is 5.92 Å². The van der Waals surface area contributed by atoms with Crippen molar-refractivity contribution in [2.75, 3.05) is 28.4 Å². The largest absolute Gasteiger partial charge is 0.493 e. The smallest absolute Gasteiger partial charge is 0.309 e. The van der Waals surface area contributed by atoms with Gasteiger partial charge in [-0.05, 0) is 78.9 Å². The monoisotopic (exact) mass is 542 g/mol. The van der Waals surface area contributed by atoms with Gasteiger partial charge in [-0.15, -0.1) is 0 Å². The molecule has 7 nitrogen and oxygen atoms in total. The molecule has 4 aromatic rings. The molecule has 40 heavy (non-hydrogen) atoms. The minimum Gasteiger partial charge on any atom is -0.493 e. The molecule has 0 aliphatic rings. The van der Waals surface area contributed by atoms with E-state index in [1.165, 1.54) is 24.3 Å². The summed E-state index contributed by atoms with van der Waals surface area (Å²) in [5.74, 6) is 1.16. The maximum Gasteiger partial charge on any atom is 0.309 e. The van der Waals surface area contributed by atoms with Gasteiger partial charge >= 0.3 is 5.97 Å². The molecule has 4 rings (SSSR count). The van der Waals surface area contributed by atoms with Gasteiger partial charge in [-0.1, -0.05) is 30.3 Å². The lowest BCUT2D eigenvalue weighted by Crippen LogP contribution is -2.21. The van der Waals surface area contributed by atoms with Gasteiger partial charge in [0, 0.05) is 17.4 Å². The molecule has 0 N–H and O–H groups in total. The van der Waals surface area contributed by atoms with Crippen molar-refractivity contribution in [3.63, 3.8) is 0 Å². The number of ether oxygens (including phenoxy) is 4. The molecule has 0 radical (unpaired) electrons. The van der Waals surface area contributed by atoms with Crippen LogP contribution in [-0.2, 0) is 20.7 Å². The van der Waals surface area contributed by atoms with Gasteiger partial charge in [0.1, 0.15) is 5.76 Å². The molecule has 0 fully saturated rings. The number of rotatable bonds is 11. The molecule has 1 atom stereocenters. The Morgan fingerprint density at radius 2 is 1.55 bits per heavy atom. The van der Waals surface area contributed by atoms with Crippen LogP contribution in [0.2, 0.25) is 0 Å². The van der Waals surface area contributed by atoms with Crippen molar-refractivity contribution >= 4 is 28.8 Å². The molecule has 7 heteroatoms. The van der Waals surface area contributed by atoms with Crippen LogP contribution in [0, 0.1) is 19.8 Å². The maximum absolute atomic E-state index is 13.0. The van der Waals surface area contributed by atoms with Crippen LogP contribution in [0.15, 0.2) is 65.1 Å². The first-order valence-electron chi connectivity index (χ1n) is 13.0. The number of aryl methyl sites for hydroxylation is 2. The van der Waals surface area contributed by atoms with Crippen molar-refractivity contribution in [3.8, 4) is 28.6 Å². The second kappa shape index (κ2) is 12.6. The number of benzene rings is 3. The standard InChI is InChI=1S/C33H34O7/c1-20-7-9-24(15-21(20)2)30-19-27-23(11-14-29(37-4)32(27)40-30)10-12-26(34)18-25(33(35)39-6)16-22-8-13-28(36-3)31(17-22)38-5/h7-15,17,19,25H,16,18H2,1-6H3/b12-10+/t25-/m0/s1. The fraction of sp³-hybridized carbons (Fsp3) is 0.273. The Hall–Kier alpha value is -4.52. The number of carbonyl (C=O) groups is 2. The third kappa shape index (κ3) is 6.20. The summed E-state index contributed by atoms with van der Waals surface area (Å²) in [6, 6.07) is 17.2. The van der Waals surface area contributed by atoms with E-state index in [0.29, 0.717) is 35.0 Å². The van der Waals surface area contributed by atoms with Gasteiger partial charge in [-0.3, -0.25) is 9.59 Å². The van der Waals surface area contributed by atoms with E-state index in [1.807, 2.05) is 30.3 Å². The van der Waals surface area contributed by atoms with Crippen LogP contribution in [0.25, 0.3) is 28.4 Å². The number of hydrogen-bond acceptors (Lipinski definition) is 7. The van der Waals surface area contributed by atoms with Crippen LogP contribution in [0.5, 0.6) is 17.2 Å². The number of allylic oxidation sites excluding steroid dienone is 1. The molecule has 208 valence electrons. The Bertz CT molecular complexity index is 1560. The summed E-state index contributed by atoms with van der Waals surface area (Å²) < 4.78 is 27.4. The summed E-state index contributed by atoms with van der Waals surface area (Å²) in [6.45, 7) is 4.13. The van der Waals surface area contributed by atoms with E-state index < -0.39 is 11.9 Å². The molecule has 0 saturated heterocycles. The lowest BCUT2D eigenvalue weighted by Gasteiger charge is -2.15. The van der Waals surface area contributed by atoms with E-state index in [1.54, 1.807) is 39.5 Å². The molecule has 0 aliphatic heterocycles. The number of methoxy groups -OCH3 is 4. The fourth-order valence-electron chi connectivity index (χ4n) is 4.65. The highest BCUT2D eigenvalue weighted by molar-refractivity contribution is 6.00. The Kier molecular flexibility index (Phi) is 8.94. The Balaban J connectivity index is 1.58. The molecule has 0 bridgehead atoms. The van der Waals surface area contributed by atoms with Crippen LogP contribution in [0.4, 0.5) is 0 Å². The fourth-order valence-corrected chi connectivity index (χ4v) is 4.65. The first kappa shape index (κ1) is 28.5. The van der Waals surface area contributed by atoms with E-state index in [-0.39, 0.29) is 12.2 Å². The molecule has 1 aromatic heterocycles. The van der Waals surface area contributed by atoms with E-state index in [2.05, 4.69) is 26.0 Å². The molecule has 3 aromatic carbocycles. The SMILES string of the molecule is COC(=O)[C@H](CC(=O)/C=C/c1ccc(OC)c2oc(-c3ccc(C)c(C)c3)cc12)Cc1ccc(OC)c(OC)c1. The maximum atomic E-state index is 13.0. The lowest BCUT2D eigenvalue weighted by atomic mass is 9.93. The van der Waals surface area contributed by atoms with Gasteiger partial charge in [-0.2, -0.15) is 0 Å². The highest BCUT2D eigenvalue weighted by Crippen LogP contribution is 2.36. The summed E-state index contributed by atoms with van der Waals surface area (Å²) in [5.41, 5.74) is 5.57. The second-order valence-electron chi connectivity index (χ2n) is 9.63. The van der Waals surface area contributed by atoms with E-state index in [9.17, 15) is 9.59 Å². The predicted molar refractivity (Wildman–Crippen MR) is 155 cm³/mol. The van der Waals surface area contributed by atoms with Crippen LogP contribution in [0.1, 0.15) is 28.7 Å². The van der Waals surface area contributed by atoms with Gasteiger partial charge in [0.25, 0.3) is 0 Å². The van der Waals surface area contributed by atoms with Crippen molar-refractivity contribution < 1.29 is 33.0 Å². The van der Waals surface area contributed by atoms with E-state index in [4.69, 9.17) is 23.4 Å². The van der Waals surface area contributed by atoms with E-state index >= 15 is 0 Å². The van der Waals surface area contributed by atoms with Crippen LogP contribution in [0.3, 0.4) is 0 Å². The van der Waals surface area contributed by atoms with Gasteiger partial charge in [0.05, 0.1) is 34.4 Å². The third-order valence-electron chi connectivity index (χ3n) is 7.05. The second-order valence-corrected chi connectivity index (χ2v) is 9.63. The number of esters is 1. The average molecular weight is 543 g/mol. The first-order valence-corrected chi connectivity index (χ1v) is 13.0. The third-order valence-corrected chi connectivity index (χ3v) is 7.05. The minimum absolute atomic E-state index is 0.00387. The highest BCUT2D eigenvalue weighted by Gasteiger charge is 2.23. The Morgan fingerprint density at radius 1 is 0.825 bits per heavy atom. The topological polar surface area (TPSA) is 84.2 Å². The summed E-state index contributed by atoms with van der Waals surface area (Å²) in [6.07, 6.45) is 3.56. The quantitative estimate of drug-likeness (QED) is 0.153. The van der Waals surface area contributed by atoms with Gasteiger partial charge in [0.2, 0.25) is 0 Å². The summed E-state index contributed by atoms with van der Waals surface area (Å²) in [4.78, 5) is 25.6. The van der Waals surface area contributed by atoms with Crippen molar-refractivity contribution in [1.29, 1.82) is 0 Å². The van der Waals surface area contributed by atoms with Crippen molar-refractivity contribution in [2.45, 2.75) is 26.7 Å². The number of hydrogen-bond donors (Lipinski definition) is 0. The van der Waals surface area contributed by atoms with Crippen molar-refractivity contribution in [1.82, 2.24) is 0 Å². The molecular formula is C33H34O7. The molecular weight excluding hydrogens is 508 g/mol. The minimum atomic E-state index is -0.651. The Labute approximate surface area is 234 Å². The zero-order valence-corrected chi connectivity index (χ0v) is 23.7. The van der Waals surface area contributed by atoms with Crippen molar-refractivity contribution in [3.05, 3.63) is 82.9 Å². The molecule has 0 amide bonds. The molecule has 0 aliphatic carbocycles. The molecule has 1 heterocycles.